The molecule has 7 heteroatoms. The van der Waals surface area contributed by atoms with Crippen LogP contribution in [0.3, 0.4) is 0 Å². The number of hydrogen-bond acceptors (Lipinski definition) is 4. The van der Waals surface area contributed by atoms with E-state index in [-0.39, 0.29) is 31.3 Å². The molecule has 2 amide bonds. The zero-order valence-electron chi connectivity index (χ0n) is 18.5. The van der Waals surface area contributed by atoms with Gasteiger partial charge in [-0.15, -0.1) is 0 Å². The van der Waals surface area contributed by atoms with Gasteiger partial charge in [0.2, 0.25) is 5.91 Å². The molecule has 0 bridgehead atoms. The SMILES string of the molecule is CCC(C)CNC(=O)C(CCC(=O)O)NC(=O)OCC1c2ccccc2-c2ccccc21. The van der Waals surface area contributed by atoms with Crippen LogP contribution >= 0.6 is 0 Å². The maximum Gasteiger partial charge on any atom is 0.407 e. The number of carboxylic acids is 1. The normalized spacial score (nSPS) is 14.1. The molecule has 0 saturated heterocycles. The van der Waals surface area contributed by atoms with E-state index in [9.17, 15) is 14.4 Å². The van der Waals surface area contributed by atoms with Crippen LogP contribution in [0.2, 0.25) is 0 Å². The standard InChI is InChI=1S/C25H30N2O5/c1-3-16(2)14-26-24(30)22(12-13-23(28)29)27-25(31)32-15-21-19-10-6-4-8-17(19)18-9-5-7-11-20(18)21/h4-11,16,21-22H,3,12-15H2,1-2H3,(H,26,30)(H,27,31)(H,28,29). The Kier molecular flexibility index (Phi) is 7.87. The fourth-order valence-corrected chi connectivity index (χ4v) is 3.86. The Morgan fingerprint density at radius 3 is 2.19 bits per heavy atom. The van der Waals surface area contributed by atoms with Crippen LogP contribution in [0.4, 0.5) is 4.79 Å². The van der Waals surface area contributed by atoms with Gasteiger partial charge in [0, 0.05) is 18.9 Å². The molecule has 2 aromatic carbocycles. The lowest BCUT2D eigenvalue weighted by molar-refractivity contribution is -0.137. The molecule has 3 N–H and O–H groups in total. The van der Waals surface area contributed by atoms with Gasteiger partial charge < -0.3 is 20.5 Å². The highest BCUT2D eigenvalue weighted by Gasteiger charge is 2.30. The minimum absolute atomic E-state index is 0.00807. The predicted octanol–water partition coefficient (Wildman–Crippen LogP) is 3.92. The van der Waals surface area contributed by atoms with Crippen molar-refractivity contribution in [2.24, 2.45) is 5.92 Å². The van der Waals surface area contributed by atoms with Crippen molar-refractivity contribution in [1.29, 1.82) is 0 Å². The van der Waals surface area contributed by atoms with Crippen molar-refractivity contribution in [3.05, 3.63) is 59.7 Å². The molecule has 0 radical (unpaired) electrons. The number of alkyl carbamates (subject to hydrolysis) is 1. The number of amides is 2. The summed E-state index contributed by atoms with van der Waals surface area (Å²) in [5.74, 6) is -1.24. The van der Waals surface area contributed by atoms with E-state index < -0.39 is 24.0 Å². The summed E-state index contributed by atoms with van der Waals surface area (Å²) in [5.41, 5.74) is 4.44. The van der Waals surface area contributed by atoms with Gasteiger partial charge in [-0.2, -0.15) is 0 Å². The van der Waals surface area contributed by atoms with Gasteiger partial charge in [-0.3, -0.25) is 9.59 Å². The van der Waals surface area contributed by atoms with Crippen LogP contribution in [0, 0.1) is 5.92 Å². The molecule has 1 aliphatic rings. The monoisotopic (exact) mass is 438 g/mol. The summed E-state index contributed by atoms with van der Waals surface area (Å²) in [4.78, 5) is 36.0. The van der Waals surface area contributed by atoms with Crippen molar-refractivity contribution >= 4 is 18.0 Å². The number of aliphatic carboxylic acids is 1. The van der Waals surface area contributed by atoms with E-state index in [4.69, 9.17) is 9.84 Å². The third kappa shape index (κ3) is 5.66. The molecule has 2 unspecified atom stereocenters. The Morgan fingerprint density at radius 2 is 1.62 bits per heavy atom. The molecule has 0 spiro atoms. The van der Waals surface area contributed by atoms with Gasteiger partial charge in [0.05, 0.1) is 0 Å². The number of benzene rings is 2. The van der Waals surface area contributed by atoms with E-state index >= 15 is 0 Å². The zero-order valence-corrected chi connectivity index (χ0v) is 18.5. The number of fused-ring (bicyclic) bond motifs is 3. The van der Waals surface area contributed by atoms with E-state index in [1.54, 1.807) is 0 Å². The summed E-state index contributed by atoms with van der Waals surface area (Å²) in [6.45, 7) is 4.62. The second-order valence-electron chi connectivity index (χ2n) is 8.21. The Hall–Kier alpha value is -3.35. The van der Waals surface area contributed by atoms with Gasteiger partial charge in [-0.25, -0.2) is 4.79 Å². The van der Waals surface area contributed by atoms with Gasteiger partial charge in [0.15, 0.2) is 0 Å². The quantitative estimate of drug-likeness (QED) is 0.521. The second kappa shape index (κ2) is 10.8. The lowest BCUT2D eigenvalue weighted by Gasteiger charge is -2.20. The molecular weight excluding hydrogens is 408 g/mol. The fraction of sp³-hybridized carbons (Fsp3) is 0.400. The number of carbonyl (C=O) groups is 3. The molecule has 7 nitrogen and oxygen atoms in total. The molecule has 0 heterocycles. The van der Waals surface area contributed by atoms with E-state index in [2.05, 4.69) is 22.8 Å². The first-order chi connectivity index (χ1) is 15.4. The summed E-state index contributed by atoms with van der Waals surface area (Å²) in [6.07, 6.45) is -0.0717. The van der Waals surface area contributed by atoms with Crippen LogP contribution in [0.25, 0.3) is 11.1 Å². The second-order valence-corrected chi connectivity index (χ2v) is 8.21. The van der Waals surface area contributed by atoms with E-state index in [1.807, 2.05) is 50.2 Å². The molecule has 0 aromatic heterocycles. The van der Waals surface area contributed by atoms with Gasteiger partial charge >= 0.3 is 12.1 Å². The lowest BCUT2D eigenvalue weighted by atomic mass is 9.98. The average Bonchev–Trinajstić information content (AvgIpc) is 3.12. The third-order valence-electron chi connectivity index (χ3n) is 5.92. The van der Waals surface area contributed by atoms with Crippen LogP contribution in [-0.4, -0.2) is 42.3 Å². The summed E-state index contributed by atoms with van der Waals surface area (Å²) in [7, 11) is 0. The molecule has 2 aromatic rings. The van der Waals surface area contributed by atoms with Crippen LogP contribution < -0.4 is 10.6 Å². The maximum absolute atomic E-state index is 12.5. The first-order valence-corrected chi connectivity index (χ1v) is 11.0. The van der Waals surface area contributed by atoms with E-state index in [1.165, 1.54) is 0 Å². The highest BCUT2D eigenvalue weighted by atomic mass is 16.5. The number of carbonyl (C=O) groups excluding carboxylic acids is 2. The van der Waals surface area contributed by atoms with Crippen LogP contribution in [-0.2, 0) is 14.3 Å². The van der Waals surface area contributed by atoms with Crippen molar-refractivity contribution in [2.45, 2.75) is 45.1 Å². The van der Waals surface area contributed by atoms with Crippen LogP contribution in [0.1, 0.15) is 50.2 Å². The Morgan fingerprint density at radius 1 is 1.03 bits per heavy atom. The summed E-state index contributed by atoms with van der Waals surface area (Å²) < 4.78 is 5.50. The third-order valence-corrected chi connectivity index (χ3v) is 5.92. The highest BCUT2D eigenvalue weighted by molar-refractivity contribution is 5.86. The van der Waals surface area contributed by atoms with Gasteiger partial charge in [0.25, 0.3) is 0 Å². The number of carboxylic acid groups (broad SMARTS) is 1. The molecule has 170 valence electrons. The predicted molar refractivity (Wildman–Crippen MR) is 121 cm³/mol. The molecule has 3 rings (SSSR count). The van der Waals surface area contributed by atoms with Crippen LogP contribution in [0.15, 0.2) is 48.5 Å². The first-order valence-electron chi connectivity index (χ1n) is 11.0. The Bertz CT molecular complexity index is 929. The molecular formula is C25H30N2O5. The summed E-state index contributed by atoms with van der Waals surface area (Å²) >= 11 is 0. The molecule has 1 aliphatic carbocycles. The minimum Gasteiger partial charge on any atom is -0.481 e. The van der Waals surface area contributed by atoms with Crippen molar-refractivity contribution in [3.8, 4) is 11.1 Å². The number of rotatable bonds is 10. The molecule has 2 atom stereocenters. The largest absolute Gasteiger partial charge is 0.481 e. The maximum atomic E-state index is 12.5. The minimum atomic E-state index is -1.03. The lowest BCUT2D eigenvalue weighted by Crippen LogP contribution is -2.48. The zero-order chi connectivity index (χ0) is 23.1. The van der Waals surface area contributed by atoms with Crippen LogP contribution in [0.5, 0.6) is 0 Å². The molecule has 0 aliphatic heterocycles. The summed E-state index contributed by atoms with van der Waals surface area (Å²) in [6, 6.07) is 15.1. The van der Waals surface area contributed by atoms with Gasteiger partial charge in [0.1, 0.15) is 12.6 Å². The Balaban J connectivity index is 1.63. The van der Waals surface area contributed by atoms with Gasteiger partial charge in [-0.05, 0) is 34.6 Å². The van der Waals surface area contributed by atoms with Crippen molar-refractivity contribution in [1.82, 2.24) is 10.6 Å². The molecule has 32 heavy (non-hydrogen) atoms. The van der Waals surface area contributed by atoms with E-state index in [0.717, 1.165) is 28.7 Å². The van der Waals surface area contributed by atoms with E-state index in [0.29, 0.717) is 6.54 Å². The number of ether oxygens (including phenoxy) is 1. The van der Waals surface area contributed by atoms with Crippen molar-refractivity contribution in [2.75, 3.05) is 13.2 Å². The fourth-order valence-electron chi connectivity index (χ4n) is 3.86. The number of hydrogen-bond donors (Lipinski definition) is 3. The topological polar surface area (TPSA) is 105 Å². The Labute approximate surface area is 188 Å². The highest BCUT2D eigenvalue weighted by Crippen LogP contribution is 2.44. The number of nitrogens with one attached hydrogen (secondary N) is 2. The molecule has 0 saturated carbocycles. The summed E-state index contributed by atoms with van der Waals surface area (Å²) in [5, 5.41) is 14.3. The van der Waals surface area contributed by atoms with Crippen molar-refractivity contribution in [3.63, 3.8) is 0 Å². The van der Waals surface area contributed by atoms with Crippen molar-refractivity contribution < 1.29 is 24.2 Å². The first kappa shape index (κ1) is 23.3. The smallest absolute Gasteiger partial charge is 0.407 e. The van der Waals surface area contributed by atoms with Gasteiger partial charge in [-0.1, -0.05) is 68.8 Å². The average molecular weight is 439 g/mol. The molecule has 0 fully saturated rings.